The van der Waals surface area contributed by atoms with E-state index >= 15 is 0 Å². The number of carbonyl (C=O) groups is 2. The number of aliphatic hydroxyl groups is 1. The Bertz CT molecular complexity index is 698. The number of likely N-dealkylation sites (N-methyl/N-ethyl adjacent to an activating group) is 1. The predicted molar refractivity (Wildman–Crippen MR) is 122 cm³/mol. The molecule has 10 nitrogen and oxygen atoms in total. The van der Waals surface area contributed by atoms with Gasteiger partial charge in [-0.05, 0) is 45.6 Å². The highest BCUT2D eigenvalue weighted by Crippen LogP contribution is 2.27. The largest absolute Gasteiger partial charge is 0.395 e. The highest BCUT2D eigenvalue weighted by Gasteiger charge is 2.32. The average Bonchev–Trinajstić information content (AvgIpc) is 3.33. The summed E-state index contributed by atoms with van der Waals surface area (Å²) in [5, 5.41) is 22.6. The van der Waals surface area contributed by atoms with Gasteiger partial charge in [0.05, 0.1) is 18.8 Å². The van der Waals surface area contributed by atoms with E-state index in [9.17, 15) is 9.59 Å². The fourth-order valence-corrected chi connectivity index (χ4v) is 4.29. The monoisotopic (exact) mass is 479 g/mol. The first-order valence-electron chi connectivity index (χ1n) is 10.5. The summed E-state index contributed by atoms with van der Waals surface area (Å²) in [5.74, 6) is -0.276. The number of rotatable bonds is 8. The quantitative estimate of drug-likeness (QED) is 0.419. The molecule has 1 aliphatic heterocycles. The molecule has 2 fully saturated rings. The van der Waals surface area contributed by atoms with Crippen molar-refractivity contribution in [3.63, 3.8) is 0 Å². The summed E-state index contributed by atoms with van der Waals surface area (Å²) in [5.41, 5.74) is 6.28. The molecule has 0 spiro atoms. The van der Waals surface area contributed by atoms with E-state index < -0.39 is 0 Å². The molecule has 5 N–H and O–H groups in total. The number of aliphatic hydroxyl groups excluding tert-OH is 1. The molecule has 3 rings (SSSR count). The molecule has 12 heteroatoms. The van der Waals surface area contributed by atoms with E-state index in [0.29, 0.717) is 18.7 Å². The molecule has 0 aromatic carbocycles. The van der Waals surface area contributed by atoms with Crippen LogP contribution in [-0.2, 0) is 4.79 Å². The Labute approximate surface area is 195 Å². The fraction of sp³-hybridized carbons (Fsp3) is 0.789. The maximum absolute atomic E-state index is 12.5. The van der Waals surface area contributed by atoms with Crippen LogP contribution in [0.1, 0.15) is 61.5 Å². The Balaban J connectivity index is 0.00000240. The Morgan fingerprint density at radius 2 is 1.81 bits per heavy atom. The molecule has 2 atom stereocenters. The number of nitrogens with two attached hydrogens (primary N) is 1. The third-order valence-electron chi connectivity index (χ3n) is 6.20. The number of nitrogens with zero attached hydrogens (tertiary/aromatic N) is 4. The molecule has 0 bridgehead atoms. The number of amides is 2. The lowest BCUT2D eigenvalue weighted by Gasteiger charge is -2.25. The van der Waals surface area contributed by atoms with Crippen LogP contribution in [0.4, 0.5) is 0 Å². The summed E-state index contributed by atoms with van der Waals surface area (Å²) >= 11 is 0. The van der Waals surface area contributed by atoms with Gasteiger partial charge >= 0.3 is 0 Å². The molecule has 0 radical (unpaired) electrons. The molecule has 0 unspecified atom stereocenters. The second-order valence-electron chi connectivity index (χ2n) is 8.19. The van der Waals surface area contributed by atoms with E-state index in [2.05, 4.69) is 25.8 Å². The van der Waals surface area contributed by atoms with Gasteiger partial charge in [-0.1, -0.05) is 5.21 Å². The second kappa shape index (κ2) is 13.2. The van der Waals surface area contributed by atoms with Gasteiger partial charge < -0.3 is 21.5 Å². The first-order chi connectivity index (χ1) is 14.0. The summed E-state index contributed by atoms with van der Waals surface area (Å²) in [7, 11) is 1.98. The van der Waals surface area contributed by atoms with E-state index in [4.69, 9.17) is 10.8 Å². The highest BCUT2D eigenvalue weighted by molar-refractivity contribution is 5.91. The van der Waals surface area contributed by atoms with E-state index in [1.807, 2.05) is 7.05 Å². The van der Waals surface area contributed by atoms with Gasteiger partial charge in [0, 0.05) is 37.6 Å². The van der Waals surface area contributed by atoms with Crippen LogP contribution in [0, 0.1) is 0 Å². The smallest absolute Gasteiger partial charge is 0.273 e. The predicted octanol–water partition coefficient (Wildman–Crippen LogP) is 0.255. The van der Waals surface area contributed by atoms with Crippen molar-refractivity contribution in [1.29, 1.82) is 0 Å². The second-order valence-corrected chi connectivity index (χ2v) is 8.19. The molecule has 2 heterocycles. The first kappa shape index (κ1) is 27.6. The van der Waals surface area contributed by atoms with E-state index in [1.54, 1.807) is 10.9 Å². The Morgan fingerprint density at radius 1 is 1.13 bits per heavy atom. The van der Waals surface area contributed by atoms with Crippen LogP contribution in [0.5, 0.6) is 0 Å². The molecule has 1 aliphatic carbocycles. The van der Waals surface area contributed by atoms with Crippen molar-refractivity contribution in [2.24, 2.45) is 5.73 Å². The third kappa shape index (κ3) is 7.57. The van der Waals surface area contributed by atoms with Gasteiger partial charge in [0.25, 0.3) is 5.91 Å². The zero-order valence-corrected chi connectivity index (χ0v) is 19.5. The van der Waals surface area contributed by atoms with Crippen LogP contribution in [0.3, 0.4) is 0 Å². The Morgan fingerprint density at radius 3 is 2.48 bits per heavy atom. The van der Waals surface area contributed by atoms with Gasteiger partial charge in [-0.15, -0.1) is 29.9 Å². The van der Waals surface area contributed by atoms with Crippen molar-refractivity contribution < 1.29 is 14.7 Å². The molecule has 1 aromatic rings. The summed E-state index contributed by atoms with van der Waals surface area (Å²) in [6.45, 7) is 0.734. The van der Waals surface area contributed by atoms with Gasteiger partial charge in [-0.2, -0.15) is 0 Å². The number of nitrogens with one attached hydrogen (secondary N) is 2. The van der Waals surface area contributed by atoms with Gasteiger partial charge in [0.15, 0.2) is 5.69 Å². The number of hydrogen-bond donors (Lipinski definition) is 4. The molecule has 2 amide bonds. The van der Waals surface area contributed by atoms with Crippen molar-refractivity contribution in [1.82, 2.24) is 30.5 Å². The minimum atomic E-state index is -0.221. The molecule has 1 saturated heterocycles. The number of halogens is 2. The molecule has 178 valence electrons. The first-order valence-corrected chi connectivity index (χ1v) is 10.5. The van der Waals surface area contributed by atoms with Crippen molar-refractivity contribution in [2.45, 2.75) is 69.1 Å². The van der Waals surface area contributed by atoms with Gasteiger partial charge in [0.2, 0.25) is 5.91 Å². The lowest BCUT2D eigenvalue weighted by Crippen LogP contribution is -2.42. The number of hydrogen-bond acceptors (Lipinski definition) is 7. The van der Waals surface area contributed by atoms with Crippen LogP contribution < -0.4 is 16.4 Å². The Hall–Kier alpha value is -1.46. The van der Waals surface area contributed by atoms with Crippen molar-refractivity contribution >= 4 is 36.6 Å². The van der Waals surface area contributed by atoms with Crippen molar-refractivity contribution in [3.8, 4) is 0 Å². The van der Waals surface area contributed by atoms with E-state index in [-0.39, 0.29) is 73.9 Å². The highest BCUT2D eigenvalue weighted by atomic mass is 35.5. The molecule has 2 aliphatic rings. The van der Waals surface area contributed by atoms with Crippen LogP contribution >= 0.6 is 24.8 Å². The zero-order valence-electron chi connectivity index (χ0n) is 17.9. The van der Waals surface area contributed by atoms with Crippen molar-refractivity contribution in [2.75, 3.05) is 26.7 Å². The maximum atomic E-state index is 12.5. The molecular weight excluding hydrogens is 445 g/mol. The normalized spacial score (nSPS) is 25.9. The minimum Gasteiger partial charge on any atom is -0.395 e. The van der Waals surface area contributed by atoms with Crippen LogP contribution in [0.2, 0.25) is 0 Å². The number of carbonyl (C=O) groups excluding carboxylic acids is 2. The van der Waals surface area contributed by atoms with Crippen LogP contribution in [0.25, 0.3) is 0 Å². The summed E-state index contributed by atoms with van der Waals surface area (Å²) in [6, 6.07) is 0.867. The van der Waals surface area contributed by atoms with Gasteiger partial charge in [0.1, 0.15) is 0 Å². The van der Waals surface area contributed by atoms with Crippen molar-refractivity contribution in [3.05, 3.63) is 11.9 Å². The summed E-state index contributed by atoms with van der Waals surface area (Å²) in [6.07, 6.45) is 7.83. The third-order valence-corrected chi connectivity index (χ3v) is 6.20. The lowest BCUT2D eigenvalue weighted by atomic mass is 9.92. The number of likely N-dealkylation sites (tertiary alicyclic amines) is 1. The Kier molecular flexibility index (Phi) is 11.7. The topological polar surface area (TPSA) is 138 Å². The standard InChI is InChI=1S/C19H33N7O3.2ClH/c1-25-15(10-18(28)21-8-9-27)6-7-16(25)11-22-19(29)17-12-26(24-23-17)14-4-2-13(20)3-5-14;;/h12-16,27H,2-11,20H2,1H3,(H,21,28)(H,22,29);2*1H/t13?,14?,15-,16+;;/m1../s1. The van der Waals surface area contributed by atoms with Crippen LogP contribution in [0.15, 0.2) is 6.20 Å². The fourth-order valence-electron chi connectivity index (χ4n) is 4.29. The average molecular weight is 480 g/mol. The minimum absolute atomic E-state index is 0. The maximum Gasteiger partial charge on any atom is 0.273 e. The van der Waals surface area contributed by atoms with Gasteiger partial charge in [-0.3, -0.25) is 14.5 Å². The van der Waals surface area contributed by atoms with E-state index in [1.165, 1.54) is 0 Å². The van der Waals surface area contributed by atoms with Gasteiger partial charge in [-0.25, -0.2) is 4.68 Å². The molecule has 1 aromatic heterocycles. The summed E-state index contributed by atoms with van der Waals surface area (Å²) in [4.78, 5) is 26.5. The lowest BCUT2D eigenvalue weighted by molar-refractivity contribution is -0.122. The SMILES string of the molecule is CN1[C@@H](CC(=O)NCCO)CC[C@H]1CNC(=O)c1cn(C2CCC(N)CC2)nn1.Cl.Cl. The molecule has 31 heavy (non-hydrogen) atoms. The summed E-state index contributed by atoms with van der Waals surface area (Å²) < 4.78 is 1.80. The molecule has 1 saturated carbocycles. The van der Waals surface area contributed by atoms with E-state index in [0.717, 1.165) is 38.5 Å². The molecular formula is C19H35Cl2N7O3. The number of aromatic nitrogens is 3. The zero-order chi connectivity index (χ0) is 20.8. The van der Waals surface area contributed by atoms with Crippen LogP contribution in [-0.4, -0.2) is 81.7 Å².